The standard InChI is InChI=1S/C18H25N3O2/c22-17(15-3-7-19-8-4-15)21-11-5-18(6-12-21)13-16(14-23-18)20-9-1-2-10-20/h3-4,7-8,16H,1-2,5-6,9-14H2. The van der Waals surface area contributed by atoms with E-state index in [0.717, 1.165) is 44.5 Å². The van der Waals surface area contributed by atoms with Gasteiger partial charge >= 0.3 is 0 Å². The maximum absolute atomic E-state index is 12.5. The van der Waals surface area contributed by atoms with E-state index >= 15 is 0 Å². The Morgan fingerprint density at radius 2 is 1.83 bits per heavy atom. The van der Waals surface area contributed by atoms with Gasteiger partial charge < -0.3 is 9.64 Å². The highest BCUT2D eigenvalue weighted by Gasteiger charge is 2.45. The molecule has 4 rings (SSSR count). The number of carbonyl (C=O) groups is 1. The average Bonchev–Trinajstić information content (AvgIpc) is 3.26. The molecule has 0 radical (unpaired) electrons. The molecule has 1 aromatic rings. The summed E-state index contributed by atoms with van der Waals surface area (Å²) in [5.74, 6) is 0.122. The minimum Gasteiger partial charge on any atom is -0.373 e. The maximum atomic E-state index is 12.5. The van der Waals surface area contributed by atoms with Crippen LogP contribution in [0.1, 0.15) is 42.5 Å². The van der Waals surface area contributed by atoms with Gasteiger partial charge in [0.15, 0.2) is 0 Å². The SMILES string of the molecule is O=C(c1ccncc1)N1CCC2(CC1)CC(N1CCCC1)CO2. The first-order valence-corrected chi connectivity index (χ1v) is 8.83. The molecule has 5 heteroatoms. The van der Waals surface area contributed by atoms with Gasteiger partial charge in [0.1, 0.15) is 0 Å². The molecular formula is C18H25N3O2. The van der Waals surface area contributed by atoms with Crippen LogP contribution in [-0.2, 0) is 4.74 Å². The smallest absolute Gasteiger partial charge is 0.253 e. The highest BCUT2D eigenvalue weighted by molar-refractivity contribution is 5.94. The minimum absolute atomic E-state index is 0.0162. The monoisotopic (exact) mass is 315 g/mol. The third-order valence-corrected chi connectivity index (χ3v) is 5.74. The van der Waals surface area contributed by atoms with E-state index in [9.17, 15) is 4.79 Å². The van der Waals surface area contributed by atoms with Gasteiger partial charge in [-0.25, -0.2) is 0 Å². The van der Waals surface area contributed by atoms with E-state index in [1.807, 2.05) is 4.90 Å². The predicted octanol–water partition coefficient (Wildman–Crippen LogP) is 1.94. The van der Waals surface area contributed by atoms with Crippen LogP contribution in [0.3, 0.4) is 0 Å². The zero-order valence-corrected chi connectivity index (χ0v) is 13.6. The number of piperidine rings is 1. The van der Waals surface area contributed by atoms with Gasteiger partial charge in [0.25, 0.3) is 5.91 Å². The van der Waals surface area contributed by atoms with Gasteiger partial charge in [-0.1, -0.05) is 0 Å². The van der Waals surface area contributed by atoms with Crippen molar-refractivity contribution in [3.63, 3.8) is 0 Å². The topological polar surface area (TPSA) is 45.7 Å². The zero-order valence-electron chi connectivity index (χ0n) is 13.6. The van der Waals surface area contributed by atoms with Gasteiger partial charge in [-0.05, 0) is 57.3 Å². The fraction of sp³-hybridized carbons (Fsp3) is 0.667. The number of ether oxygens (including phenoxy) is 1. The second-order valence-electron chi connectivity index (χ2n) is 7.12. The van der Waals surface area contributed by atoms with E-state index in [-0.39, 0.29) is 11.5 Å². The van der Waals surface area contributed by atoms with Crippen molar-refractivity contribution in [2.75, 3.05) is 32.8 Å². The lowest BCUT2D eigenvalue weighted by Gasteiger charge is -2.39. The van der Waals surface area contributed by atoms with Crippen molar-refractivity contribution in [3.8, 4) is 0 Å². The summed E-state index contributed by atoms with van der Waals surface area (Å²) in [5, 5.41) is 0. The largest absolute Gasteiger partial charge is 0.373 e. The highest BCUT2D eigenvalue weighted by Crippen LogP contribution is 2.38. The van der Waals surface area contributed by atoms with E-state index in [2.05, 4.69) is 9.88 Å². The lowest BCUT2D eigenvalue weighted by Crippen LogP contribution is -2.47. The van der Waals surface area contributed by atoms with E-state index in [1.165, 1.54) is 25.9 Å². The Morgan fingerprint density at radius 3 is 2.52 bits per heavy atom. The first kappa shape index (κ1) is 15.1. The molecule has 1 spiro atoms. The minimum atomic E-state index is 0.0162. The summed E-state index contributed by atoms with van der Waals surface area (Å²) in [4.78, 5) is 21.1. The lowest BCUT2D eigenvalue weighted by molar-refractivity contribution is -0.0393. The molecule has 0 saturated carbocycles. The van der Waals surface area contributed by atoms with Gasteiger partial charge in [-0.15, -0.1) is 0 Å². The molecule has 1 aromatic heterocycles. The molecule has 124 valence electrons. The van der Waals surface area contributed by atoms with Gasteiger partial charge in [-0.3, -0.25) is 14.7 Å². The molecule has 23 heavy (non-hydrogen) atoms. The Kier molecular flexibility index (Phi) is 4.07. The van der Waals surface area contributed by atoms with Crippen LogP contribution in [0.2, 0.25) is 0 Å². The molecule has 0 N–H and O–H groups in total. The summed E-state index contributed by atoms with van der Waals surface area (Å²) < 4.78 is 6.25. The van der Waals surface area contributed by atoms with Crippen molar-refractivity contribution in [1.82, 2.24) is 14.8 Å². The van der Waals surface area contributed by atoms with Crippen LogP contribution in [0.25, 0.3) is 0 Å². The highest BCUT2D eigenvalue weighted by atomic mass is 16.5. The first-order valence-electron chi connectivity index (χ1n) is 8.83. The molecule has 3 fully saturated rings. The Hall–Kier alpha value is -1.46. The number of hydrogen-bond acceptors (Lipinski definition) is 4. The first-order chi connectivity index (χ1) is 11.3. The number of hydrogen-bond donors (Lipinski definition) is 0. The van der Waals surface area contributed by atoms with Crippen molar-refractivity contribution >= 4 is 5.91 Å². The van der Waals surface area contributed by atoms with Gasteiger partial charge in [-0.2, -0.15) is 0 Å². The summed E-state index contributed by atoms with van der Waals surface area (Å²) in [6.45, 7) is 4.94. The van der Waals surface area contributed by atoms with Gasteiger partial charge in [0.2, 0.25) is 0 Å². The summed E-state index contributed by atoms with van der Waals surface area (Å²) in [6.07, 6.45) is 9.10. The summed E-state index contributed by atoms with van der Waals surface area (Å²) in [5.41, 5.74) is 0.751. The van der Waals surface area contributed by atoms with Crippen LogP contribution in [-0.4, -0.2) is 65.1 Å². The van der Waals surface area contributed by atoms with Crippen molar-refractivity contribution < 1.29 is 9.53 Å². The van der Waals surface area contributed by atoms with Gasteiger partial charge in [0, 0.05) is 37.1 Å². The van der Waals surface area contributed by atoms with Crippen LogP contribution >= 0.6 is 0 Å². The maximum Gasteiger partial charge on any atom is 0.253 e. The predicted molar refractivity (Wildman–Crippen MR) is 87.3 cm³/mol. The molecule has 0 bridgehead atoms. The summed E-state index contributed by atoms with van der Waals surface area (Å²) in [6, 6.07) is 4.18. The number of amides is 1. The zero-order chi connectivity index (χ0) is 15.7. The van der Waals surface area contributed by atoms with E-state index in [0.29, 0.717) is 6.04 Å². The normalized spacial score (nSPS) is 27.7. The number of rotatable bonds is 2. The van der Waals surface area contributed by atoms with E-state index in [1.54, 1.807) is 24.5 Å². The quantitative estimate of drug-likeness (QED) is 0.837. The fourth-order valence-electron chi connectivity index (χ4n) is 4.30. The second-order valence-corrected chi connectivity index (χ2v) is 7.12. The van der Waals surface area contributed by atoms with Crippen LogP contribution < -0.4 is 0 Å². The van der Waals surface area contributed by atoms with Crippen LogP contribution in [0.4, 0.5) is 0 Å². The number of aromatic nitrogens is 1. The molecule has 3 saturated heterocycles. The van der Waals surface area contributed by atoms with Crippen molar-refractivity contribution in [2.45, 2.75) is 43.7 Å². The Bertz CT molecular complexity index is 549. The number of nitrogens with zero attached hydrogens (tertiary/aromatic N) is 3. The molecule has 3 aliphatic rings. The summed E-state index contributed by atoms with van der Waals surface area (Å²) in [7, 11) is 0. The number of carbonyl (C=O) groups excluding carboxylic acids is 1. The molecule has 5 nitrogen and oxygen atoms in total. The van der Waals surface area contributed by atoms with Crippen molar-refractivity contribution in [3.05, 3.63) is 30.1 Å². The van der Waals surface area contributed by atoms with E-state index < -0.39 is 0 Å². The second kappa shape index (κ2) is 6.21. The van der Waals surface area contributed by atoms with Gasteiger partial charge in [0.05, 0.1) is 12.2 Å². The Labute approximate surface area is 137 Å². The molecule has 3 aliphatic heterocycles. The van der Waals surface area contributed by atoms with Crippen molar-refractivity contribution in [2.24, 2.45) is 0 Å². The molecular weight excluding hydrogens is 290 g/mol. The molecule has 1 amide bonds. The van der Waals surface area contributed by atoms with E-state index in [4.69, 9.17) is 4.74 Å². The number of pyridine rings is 1. The van der Waals surface area contributed by atoms with Crippen LogP contribution in [0, 0.1) is 0 Å². The molecule has 1 atom stereocenters. The third-order valence-electron chi connectivity index (χ3n) is 5.74. The lowest BCUT2D eigenvalue weighted by atomic mass is 9.87. The molecule has 4 heterocycles. The molecule has 0 aromatic carbocycles. The molecule has 0 aliphatic carbocycles. The van der Waals surface area contributed by atoms with Crippen LogP contribution in [0.15, 0.2) is 24.5 Å². The Balaban J connectivity index is 1.35. The van der Waals surface area contributed by atoms with Crippen molar-refractivity contribution in [1.29, 1.82) is 0 Å². The third kappa shape index (κ3) is 3.00. The average molecular weight is 315 g/mol. The number of likely N-dealkylation sites (tertiary alicyclic amines) is 2. The Morgan fingerprint density at radius 1 is 1.13 bits per heavy atom. The summed E-state index contributed by atoms with van der Waals surface area (Å²) >= 11 is 0. The fourth-order valence-corrected chi connectivity index (χ4v) is 4.30. The molecule has 1 unspecified atom stereocenters. The van der Waals surface area contributed by atoms with Crippen LogP contribution in [0.5, 0.6) is 0 Å².